The molecule has 1 fully saturated rings. The van der Waals surface area contributed by atoms with Gasteiger partial charge in [-0.2, -0.15) is 4.31 Å². The zero-order chi connectivity index (χ0) is 21.3. The van der Waals surface area contributed by atoms with E-state index in [1.165, 1.54) is 23.7 Å². The zero-order valence-electron chi connectivity index (χ0n) is 17.3. The number of hydrogen-bond donors (Lipinski definition) is 1. The number of likely N-dealkylation sites (N-methyl/N-ethyl adjacent to an activating group) is 1. The van der Waals surface area contributed by atoms with Crippen LogP contribution >= 0.6 is 11.8 Å². The van der Waals surface area contributed by atoms with Gasteiger partial charge in [-0.1, -0.05) is 6.07 Å². The highest BCUT2D eigenvalue weighted by Crippen LogP contribution is 2.23. The molecule has 1 saturated heterocycles. The monoisotopic (exact) mass is 427 g/mol. The van der Waals surface area contributed by atoms with E-state index in [0.717, 1.165) is 15.4 Å². The Kier molecular flexibility index (Phi) is 6.83. The number of hydrogen-bond acceptors (Lipinski definition) is 5. The van der Waals surface area contributed by atoms with Gasteiger partial charge in [-0.15, -0.1) is 11.8 Å². The van der Waals surface area contributed by atoms with Crippen molar-refractivity contribution in [2.75, 3.05) is 25.2 Å². The van der Waals surface area contributed by atoms with Crippen molar-refractivity contribution in [1.29, 1.82) is 0 Å². The number of benzene rings is 1. The second-order valence-corrected chi connectivity index (χ2v) is 11.2. The normalized spacial score (nSPS) is 17.8. The fourth-order valence-corrected chi connectivity index (χ4v) is 5.17. The molecule has 1 unspecified atom stereocenters. The standard InChI is InChI=1S/C19H29N3O4S2/c1-13-7-8-15(9-14(13)2)28(25,26)21(6)10-17(23)22-12-27-11-16(22)18(24)20-19(3,4)5/h7-9,16H,10-12H2,1-6H3,(H,20,24). The first-order chi connectivity index (χ1) is 12.8. The molecule has 2 amide bonds. The minimum absolute atomic E-state index is 0.156. The summed E-state index contributed by atoms with van der Waals surface area (Å²) in [5, 5.41) is 2.89. The van der Waals surface area contributed by atoms with Crippen molar-refractivity contribution in [1.82, 2.24) is 14.5 Å². The topological polar surface area (TPSA) is 86.8 Å². The molecule has 1 atom stereocenters. The Morgan fingerprint density at radius 2 is 1.89 bits per heavy atom. The van der Waals surface area contributed by atoms with Crippen LogP contribution in [0.2, 0.25) is 0 Å². The molecule has 0 aliphatic carbocycles. The van der Waals surface area contributed by atoms with Gasteiger partial charge >= 0.3 is 0 Å². The quantitative estimate of drug-likeness (QED) is 0.774. The number of aryl methyl sites for hydroxylation is 2. The Labute approximate surface area is 171 Å². The number of nitrogens with zero attached hydrogens (tertiary/aromatic N) is 2. The summed E-state index contributed by atoms with van der Waals surface area (Å²) in [7, 11) is -2.41. The maximum atomic E-state index is 12.8. The number of thioether (sulfide) groups is 1. The van der Waals surface area contributed by atoms with E-state index in [9.17, 15) is 18.0 Å². The molecule has 1 N–H and O–H groups in total. The van der Waals surface area contributed by atoms with Crippen LogP contribution in [-0.2, 0) is 19.6 Å². The van der Waals surface area contributed by atoms with Gasteiger partial charge in [0.15, 0.2) is 0 Å². The molecule has 0 radical (unpaired) electrons. The van der Waals surface area contributed by atoms with Gasteiger partial charge in [-0.3, -0.25) is 9.59 Å². The van der Waals surface area contributed by atoms with Crippen molar-refractivity contribution in [2.45, 2.75) is 51.1 Å². The maximum Gasteiger partial charge on any atom is 0.244 e. The Hall–Kier alpha value is -1.58. The summed E-state index contributed by atoms with van der Waals surface area (Å²) in [6.07, 6.45) is 0. The largest absolute Gasteiger partial charge is 0.350 e. The molecule has 0 saturated carbocycles. The predicted molar refractivity (Wildman–Crippen MR) is 112 cm³/mol. The lowest BCUT2D eigenvalue weighted by Gasteiger charge is -2.28. The molecule has 0 aromatic heterocycles. The average Bonchev–Trinajstić information content (AvgIpc) is 3.05. The Bertz CT molecular complexity index is 862. The van der Waals surface area contributed by atoms with Crippen LogP contribution in [0, 0.1) is 13.8 Å². The van der Waals surface area contributed by atoms with E-state index in [1.54, 1.807) is 18.2 Å². The third-order valence-electron chi connectivity index (χ3n) is 4.55. The molecule has 9 heteroatoms. The van der Waals surface area contributed by atoms with Gasteiger partial charge in [0.1, 0.15) is 6.04 Å². The minimum Gasteiger partial charge on any atom is -0.350 e. The second-order valence-electron chi connectivity index (χ2n) is 8.13. The van der Waals surface area contributed by atoms with Crippen molar-refractivity contribution >= 4 is 33.6 Å². The molecule has 0 spiro atoms. The van der Waals surface area contributed by atoms with Gasteiger partial charge in [0.2, 0.25) is 21.8 Å². The molecule has 2 rings (SSSR count). The van der Waals surface area contributed by atoms with Crippen LogP contribution in [0.3, 0.4) is 0 Å². The number of amides is 2. The highest BCUT2D eigenvalue weighted by Gasteiger charge is 2.37. The van der Waals surface area contributed by atoms with Gasteiger partial charge in [0.25, 0.3) is 0 Å². The number of carbonyl (C=O) groups excluding carboxylic acids is 2. The van der Waals surface area contributed by atoms with E-state index in [-0.39, 0.29) is 23.3 Å². The van der Waals surface area contributed by atoms with Gasteiger partial charge in [0, 0.05) is 18.3 Å². The lowest BCUT2D eigenvalue weighted by Crippen LogP contribution is -2.53. The average molecular weight is 428 g/mol. The van der Waals surface area contributed by atoms with E-state index >= 15 is 0 Å². The fourth-order valence-electron chi connectivity index (χ4n) is 2.78. The molecule has 28 heavy (non-hydrogen) atoms. The Morgan fingerprint density at radius 3 is 2.46 bits per heavy atom. The van der Waals surface area contributed by atoms with E-state index in [2.05, 4.69) is 5.32 Å². The van der Waals surface area contributed by atoms with Crippen molar-refractivity contribution in [3.05, 3.63) is 29.3 Å². The number of rotatable bonds is 5. The summed E-state index contributed by atoms with van der Waals surface area (Å²) < 4.78 is 26.7. The summed E-state index contributed by atoms with van der Waals surface area (Å²) in [5.74, 6) is 0.277. The van der Waals surface area contributed by atoms with Crippen LogP contribution in [0.25, 0.3) is 0 Å². The van der Waals surface area contributed by atoms with Crippen molar-refractivity contribution < 1.29 is 18.0 Å². The first kappa shape index (κ1) is 22.7. The Morgan fingerprint density at radius 1 is 1.25 bits per heavy atom. The molecular weight excluding hydrogens is 398 g/mol. The van der Waals surface area contributed by atoms with E-state index in [4.69, 9.17) is 0 Å². The maximum absolute atomic E-state index is 12.8. The van der Waals surface area contributed by atoms with Crippen LogP contribution in [0.4, 0.5) is 0 Å². The molecular formula is C19H29N3O4S2. The lowest BCUT2D eigenvalue weighted by molar-refractivity contribution is -0.138. The number of nitrogens with one attached hydrogen (secondary N) is 1. The van der Waals surface area contributed by atoms with Crippen LogP contribution < -0.4 is 5.32 Å². The summed E-state index contributed by atoms with van der Waals surface area (Å²) in [6, 6.07) is 4.32. The Balaban J connectivity index is 2.12. The highest BCUT2D eigenvalue weighted by molar-refractivity contribution is 7.99. The van der Waals surface area contributed by atoms with E-state index in [0.29, 0.717) is 11.6 Å². The van der Waals surface area contributed by atoms with Gasteiger partial charge in [-0.05, 0) is 57.9 Å². The second kappa shape index (κ2) is 8.42. The van der Waals surface area contributed by atoms with Gasteiger partial charge < -0.3 is 10.2 Å². The predicted octanol–water partition coefficient (Wildman–Crippen LogP) is 1.74. The summed E-state index contributed by atoms with van der Waals surface area (Å²) in [6.45, 7) is 9.08. The minimum atomic E-state index is -3.79. The molecule has 1 aromatic rings. The van der Waals surface area contributed by atoms with Crippen LogP contribution in [-0.4, -0.2) is 66.2 Å². The summed E-state index contributed by atoms with van der Waals surface area (Å²) >= 11 is 1.48. The van der Waals surface area contributed by atoms with Crippen LogP contribution in [0.1, 0.15) is 31.9 Å². The van der Waals surface area contributed by atoms with Crippen molar-refractivity contribution in [3.63, 3.8) is 0 Å². The molecule has 1 aliphatic heterocycles. The van der Waals surface area contributed by atoms with Gasteiger partial charge in [0.05, 0.1) is 17.3 Å². The van der Waals surface area contributed by atoms with Crippen molar-refractivity contribution in [2.24, 2.45) is 0 Å². The molecule has 1 aromatic carbocycles. The first-order valence-electron chi connectivity index (χ1n) is 9.06. The van der Waals surface area contributed by atoms with E-state index in [1.807, 2.05) is 34.6 Å². The highest BCUT2D eigenvalue weighted by atomic mass is 32.2. The SMILES string of the molecule is Cc1ccc(S(=O)(=O)N(C)CC(=O)N2CSCC2C(=O)NC(C)(C)C)cc1C. The number of carbonyl (C=O) groups is 2. The third-order valence-corrected chi connectivity index (χ3v) is 7.36. The van der Waals surface area contributed by atoms with Gasteiger partial charge in [-0.25, -0.2) is 8.42 Å². The first-order valence-corrected chi connectivity index (χ1v) is 11.7. The van der Waals surface area contributed by atoms with Crippen LogP contribution in [0.5, 0.6) is 0 Å². The van der Waals surface area contributed by atoms with E-state index < -0.39 is 21.6 Å². The molecule has 0 bridgehead atoms. The van der Waals surface area contributed by atoms with Crippen LogP contribution in [0.15, 0.2) is 23.1 Å². The third kappa shape index (κ3) is 5.27. The zero-order valence-corrected chi connectivity index (χ0v) is 18.9. The lowest BCUT2D eigenvalue weighted by atomic mass is 10.1. The smallest absolute Gasteiger partial charge is 0.244 e. The summed E-state index contributed by atoms with van der Waals surface area (Å²) in [5.41, 5.74) is 1.47. The summed E-state index contributed by atoms with van der Waals surface area (Å²) in [4.78, 5) is 26.9. The molecule has 156 valence electrons. The fraction of sp³-hybridized carbons (Fsp3) is 0.579. The van der Waals surface area contributed by atoms with Crippen molar-refractivity contribution in [3.8, 4) is 0 Å². The molecule has 1 heterocycles. The molecule has 7 nitrogen and oxygen atoms in total. The number of sulfonamides is 1. The molecule has 1 aliphatic rings.